The Morgan fingerprint density at radius 1 is 1.39 bits per heavy atom. The SMILES string of the molecule is CCCCC(CC)COC(=O)Nc1ccc([N+](=O)[O-])cc1OC. The van der Waals surface area contributed by atoms with Crippen molar-refractivity contribution >= 4 is 17.5 Å². The van der Waals surface area contributed by atoms with Crippen molar-refractivity contribution in [1.82, 2.24) is 0 Å². The zero-order chi connectivity index (χ0) is 17.2. The molecule has 0 saturated heterocycles. The number of nitrogens with zero attached hydrogens (tertiary/aromatic N) is 1. The maximum absolute atomic E-state index is 11.9. The molecule has 1 unspecified atom stereocenters. The van der Waals surface area contributed by atoms with Crippen LogP contribution >= 0.6 is 0 Å². The molecule has 0 aliphatic rings. The molecule has 1 amide bonds. The molecular weight excluding hydrogens is 300 g/mol. The fourth-order valence-corrected chi connectivity index (χ4v) is 2.13. The van der Waals surface area contributed by atoms with E-state index in [9.17, 15) is 14.9 Å². The summed E-state index contributed by atoms with van der Waals surface area (Å²) >= 11 is 0. The molecule has 0 bridgehead atoms. The second kappa shape index (κ2) is 9.66. The van der Waals surface area contributed by atoms with Gasteiger partial charge in [0.25, 0.3) is 5.69 Å². The standard InChI is InChI=1S/C16H24N2O5/c1-4-6-7-12(5-2)11-23-16(19)17-14-9-8-13(18(20)21)10-15(14)22-3/h8-10,12H,4-7,11H2,1-3H3,(H,17,19). The lowest BCUT2D eigenvalue weighted by atomic mass is 10.0. The number of benzene rings is 1. The molecular formula is C16H24N2O5. The monoisotopic (exact) mass is 324 g/mol. The third-order valence-electron chi connectivity index (χ3n) is 3.63. The maximum Gasteiger partial charge on any atom is 0.411 e. The van der Waals surface area contributed by atoms with Crippen molar-refractivity contribution in [3.05, 3.63) is 28.3 Å². The Morgan fingerprint density at radius 2 is 2.13 bits per heavy atom. The van der Waals surface area contributed by atoms with Crippen LogP contribution in [0.3, 0.4) is 0 Å². The molecule has 0 aliphatic heterocycles. The summed E-state index contributed by atoms with van der Waals surface area (Å²) in [7, 11) is 1.38. The summed E-state index contributed by atoms with van der Waals surface area (Å²) in [6.07, 6.45) is 3.62. The van der Waals surface area contributed by atoms with E-state index in [1.807, 2.05) is 0 Å². The van der Waals surface area contributed by atoms with Gasteiger partial charge in [-0.25, -0.2) is 4.79 Å². The fourth-order valence-electron chi connectivity index (χ4n) is 2.13. The van der Waals surface area contributed by atoms with Crippen molar-refractivity contribution in [1.29, 1.82) is 0 Å². The van der Waals surface area contributed by atoms with Gasteiger partial charge in [0.1, 0.15) is 5.75 Å². The van der Waals surface area contributed by atoms with Crippen LogP contribution in [0, 0.1) is 16.0 Å². The molecule has 1 aromatic rings. The van der Waals surface area contributed by atoms with Gasteiger partial charge in [0.2, 0.25) is 0 Å². The minimum atomic E-state index is -0.591. The number of unbranched alkanes of at least 4 members (excludes halogenated alkanes) is 1. The Bertz CT molecular complexity index is 533. The van der Waals surface area contributed by atoms with Crippen LogP contribution in [0.5, 0.6) is 5.75 Å². The molecule has 23 heavy (non-hydrogen) atoms. The summed E-state index contributed by atoms with van der Waals surface area (Å²) in [6, 6.07) is 3.98. The number of hydrogen-bond acceptors (Lipinski definition) is 5. The van der Waals surface area contributed by atoms with Gasteiger partial charge in [-0.15, -0.1) is 0 Å². The summed E-state index contributed by atoms with van der Waals surface area (Å²) in [6.45, 7) is 4.56. The first-order chi connectivity index (χ1) is 11.0. The number of anilines is 1. The quantitative estimate of drug-likeness (QED) is 0.538. The van der Waals surface area contributed by atoms with Gasteiger partial charge in [-0.05, 0) is 18.4 Å². The molecule has 1 rings (SSSR count). The van der Waals surface area contributed by atoms with E-state index in [1.165, 1.54) is 25.3 Å². The van der Waals surface area contributed by atoms with Gasteiger partial charge in [0.15, 0.2) is 0 Å². The van der Waals surface area contributed by atoms with E-state index in [-0.39, 0.29) is 11.4 Å². The lowest BCUT2D eigenvalue weighted by molar-refractivity contribution is -0.384. The molecule has 0 aromatic heterocycles. The first-order valence-electron chi connectivity index (χ1n) is 7.78. The fraction of sp³-hybridized carbons (Fsp3) is 0.562. The number of ether oxygens (including phenoxy) is 2. The van der Waals surface area contributed by atoms with Crippen molar-refractivity contribution in [2.45, 2.75) is 39.5 Å². The van der Waals surface area contributed by atoms with Crippen LogP contribution in [-0.2, 0) is 4.74 Å². The Morgan fingerprint density at radius 3 is 2.70 bits per heavy atom. The van der Waals surface area contributed by atoms with E-state index in [1.54, 1.807) is 0 Å². The minimum Gasteiger partial charge on any atom is -0.494 e. The third-order valence-corrected chi connectivity index (χ3v) is 3.63. The smallest absolute Gasteiger partial charge is 0.411 e. The van der Waals surface area contributed by atoms with Crippen molar-refractivity contribution in [2.24, 2.45) is 5.92 Å². The van der Waals surface area contributed by atoms with E-state index < -0.39 is 11.0 Å². The van der Waals surface area contributed by atoms with Crippen LogP contribution in [0.2, 0.25) is 0 Å². The van der Waals surface area contributed by atoms with E-state index in [0.717, 1.165) is 25.7 Å². The number of amides is 1. The normalized spacial score (nSPS) is 11.6. The molecule has 7 heteroatoms. The molecule has 7 nitrogen and oxygen atoms in total. The average molecular weight is 324 g/mol. The molecule has 128 valence electrons. The number of carbonyl (C=O) groups is 1. The highest BCUT2D eigenvalue weighted by Crippen LogP contribution is 2.29. The number of hydrogen-bond donors (Lipinski definition) is 1. The van der Waals surface area contributed by atoms with Crippen LogP contribution in [-0.4, -0.2) is 24.7 Å². The highest BCUT2D eigenvalue weighted by molar-refractivity contribution is 5.87. The average Bonchev–Trinajstić information content (AvgIpc) is 2.55. The molecule has 0 saturated carbocycles. The summed E-state index contributed by atoms with van der Waals surface area (Å²) in [5, 5.41) is 13.3. The van der Waals surface area contributed by atoms with E-state index in [2.05, 4.69) is 19.2 Å². The molecule has 0 aliphatic carbocycles. The Kier molecular flexibility index (Phi) is 7.87. The first kappa shape index (κ1) is 18.7. The number of methoxy groups -OCH3 is 1. The zero-order valence-electron chi connectivity index (χ0n) is 13.8. The molecule has 0 heterocycles. The number of non-ortho nitro benzene ring substituents is 1. The molecule has 1 aromatic carbocycles. The van der Waals surface area contributed by atoms with Crippen molar-refractivity contribution in [2.75, 3.05) is 19.0 Å². The maximum atomic E-state index is 11.9. The first-order valence-corrected chi connectivity index (χ1v) is 7.78. The number of nitro benzene ring substituents is 1. The van der Waals surface area contributed by atoms with Gasteiger partial charge in [0.05, 0.1) is 30.4 Å². The summed E-state index contributed by atoms with van der Waals surface area (Å²) in [4.78, 5) is 22.1. The van der Waals surface area contributed by atoms with Gasteiger partial charge in [-0.1, -0.05) is 33.1 Å². The molecule has 1 N–H and O–H groups in total. The Labute approximate surface area is 136 Å². The third kappa shape index (κ3) is 6.14. The molecule has 0 spiro atoms. The van der Waals surface area contributed by atoms with E-state index >= 15 is 0 Å². The Hall–Kier alpha value is -2.31. The highest BCUT2D eigenvalue weighted by atomic mass is 16.6. The van der Waals surface area contributed by atoms with Crippen LogP contribution in [0.25, 0.3) is 0 Å². The van der Waals surface area contributed by atoms with Gasteiger partial charge < -0.3 is 9.47 Å². The highest BCUT2D eigenvalue weighted by Gasteiger charge is 2.15. The predicted molar refractivity (Wildman–Crippen MR) is 87.9 cm³/mol. The second-order valence-corrected chi connectivity index (χ2v) is 5.28. The van der Waals surface area contributed by atoms with E-state index in [4.69, 9.17) is 9.47 Å². The second-order valence-electron chi connectivity index (χ2n) is 5.28. The van der Waals surface area contributed by atoms with Crippen molar-refractivity contribution in [3.63, 3.8) is 0 Å². The molecule has 1 atom stereocenters. The van der Waals surface area contributed by atoms with Gasteiger partial charge in [0, 0.05) is 6.07 Å². The number of nitro groups is 1. The zero-order valence-corrected chi connectivity index (χ0v) is 13.8. The number of nitrogens with one attached hydrogen (secondary N) is 1. The van der Waals surface area contributed by atoms with Gasteiger partial charge >= 0.3 is 6.09 Å². The van der Waals surface area contributed by atoms with Crippen LogP contribution in [0.1, 0.15) is 39.5 Å². The van der Waals surface area contributed by atoms with Crippen LogP contribution < -0.4 is 10.1 Å². The molecule has 0 radical (unpaired) electrons. The predicted octanol–water partition coefficient (Wildman–Crippen LogP) is 4.37. The summed E-state index contributed by atoms with van der Waals surface area (Å²) in [5.41, 5.74) is 0.232. The summed E-state index contributed by atoms with van der Waals surface area (Å²) in [5.74, 6) is 0.564. The van der Waals surface area contributed by atoms with Crippen LogP contribution in [0.4, 0.5) is 16.2 Å². The van der Waals surface area contributed by atoms with Gasteiger partial charge in [-0.2, -0.15) is 0 Å². The van der Waals surface area contributed by atoms with Crippen molar-refractivity contribution < 1.29 is 19.2 Å². The lowest BCUT2D eigenvalue weighted by Crippen LogP contribution is -2.19. The largest absolute Gasteiger partial charge is 0.494 e. The number of carbonyl (C=O) groups excluding carboxylic acids is 1. The minimum absolute atomic E-state index is 0.105. The van der Waals surface area contributed by atoms with Gasteiger partial charge in [-0.3, -0.25) is 15.4 Å². The lowest BCUT2D eigenvalue weighted by Gasteiger charge is -2.15. The molecule has 0 fully saturated rings. The number of rotatable bonds is 9. The topological polar surface area (TPSA) is 90.7 Å². The summed E-state index contributed by atoms with van der Waals surface area (Å²) < 4.78 is 10.3. The van der Waals surface area contributed by atoms with Crippen molar-refractivity contribution in [3.8, 4) is 5.75 Å². The van der Waals surface area contributed by atoms with E-state index in [0.29, 0.717) is 18.2 Å². The van der Waals surface area contributed by atoms with Crippen LogP contribution in [0.15, 0.2) is 18.2 Å². The Balaban J connectivity index is 2.61.